The molecule has 3 heteroatoms. The minimum absolute atomic E-state index is 0.0954. The number of carbonyl (C=O) groups excluding carboxylic acids is 2. The lowest BCUT2D eigenvalue weighted by molar-refractivity contribution is -0.117. The van der Waals surface area contributed by atoms with Crippen molar-refractivity contribution >= 4 is 11.6 Å². The number of carbonyl (C=O) groups is 2. The van der Waals surface area contributed by atoms with E-state index in [2.05, 4.69) is 0 Å². The maximum Gasteiger partial charge on any atom is 0.170 e. The lowest BCUT2D eigenvalue weighted by Crippen LogP contribution is -2.07. The van der Waals surface area contributed by atoms with Crippen molar-refractivity contribution in [3.63, 3.8) is 0 Å². The Bertz CT molecular complexity index is 397. The molecule has 0 aliphatic rings. The maximum atomic E-state index is 12.9. The molecule has 15 heavy (non-hydrogen) atoms. The Balaban J connectivity index is 2.83. The molecule has 0 radical (unpaired) electrons. The first-order valence-electron chi connectivity index (χ1n) is 4.85. The molecule has 0 aromatic heterocycles. The average molecular weight is 208 g/mol. The SMILES string of the molecule is CCC(=O)CC(=O)c1ccc(F)c(C)c1. The summed E-state index contributed by atoms with van der Waals surface area (Å²) in [6.07, 6.45) is 0.257. The Morgan fingerprint density at radius 1 is 1.33 bits per heavy atom. The highest BCUT2D eigenvalue weighted by atomic mass is 19.1. The van der Waals surface area contributed by atoms with Crippen LogP contribution < -0.4 is 0 Å². The highest BCUT2D eigenvalue weighted by Gasteiger charge is 2.11. The minimum Gasteiger partial charge on any atom is -0.299 e. The van der Waals surface area contributed by atoms with E-state index in [4.69, 9.17) is 0 Å². The summed E-state index contributed by atoms with van der Waals surface area (Å²) in [6.45, 7) is 3.30. The standard InChI is InChI=1S/C12H13FO2/c1-3-10(14)7-12(15)9-4-5-11(13)8(2)6-9/h4-6H,3,7H2,1-2H3. The van der Waals surface area contributed by atoms with Gasteiger partial charge in [-0.25, -0.2) is 4.39 Å². The first-order chi connectivity index (χ1) is 7.04. The van der Waals surface area contributed by atoms with Crippen LogP contribution in [0.1, 0.15) is 35.7 Å². The molecule has 1 aromatic rings. The molecular weight excluding hydrogens is 195 g/mol. The van der Waals surface area contributed by atoms with Gasteiger partial charge in [0.15, 0.2) is 5.78 Å². The van der Waals surface area contributed by atoms with Crippen molar-refractivity contribution in [2.24, 2.45) is 0 Å². The largest absolute Gasteiger partial charge is 0.299 e. The molecule has 0 aliphatic heterocycles. The summed E-state index contributed by atoms with van der Waals surface area (Å²) >= 11 is 0. The maximum absolute atomic E-state index is 12.9. The van der Waals surface area contributed by atoms with Gasteiger partial charge >= 0.3 is 0 Å². The molecule has 0 aliphatic carbocycles. The molecule has 0 N–H and O–H groups in total. The number of aryl methyl sites for hydroxylation is 1. The Hall–Kier alpha value is -1.51. The number of rotatable bonds is 4. The molecule has 1 aromatic carbocycles. The van der Waals surface area contributed by atoms with Gasteiger partial charge in [-0.2, -0.15) is 0 Å². The van der Waals surface area contributed by atoms with Crippen molar-refractivity contribution < 1.29 is 14.0 Å². The van der Waals surface area contributed by atoms with Crippen LogP contribution in [-0.2, 0) is 4.79 Å². The van der Waals surface area contributed by atoms with E-state index >= 15 is 0 Å². The number of hydrogen-bond donors (Lipinski definition) is 0. The second-order valence-electron chi connectivity index (χ2n) is 3.46. The summed E-state index contributed by atoms with van der Waals surface area (Å²) in [6, 6.07) is 4.13. The summed E-state index contributed by atoms with van der Waals surface area (Å²) in [7, 11) is 0. The van der Waals surface area contributed by atoms with Gasteiger partial charge in [0.05, 0.1) is 6.42 Å². The molecular formula is C12H13FO2. The van der Waals surface area contributed by atoms with Crippen molar-refractivity contribution in [1.82, 2.24) is 0 Å². The normalized spacial score (nSPS) is 10.1. The summed E-state index contributed by atoms with van der Waals surface area (Å²) in [5.74, 6) is -0.680. The first kappa shape index (κ1) is 11.6. The van der Waals surface area contributed by atoms with Crippen LogP contribution in [0, 0.1) is 12.7 Å². The molecule has 0 saturated carbocycles. The summed E-state index contributed by atoms with van der Waals surface area (Å²) in [5, 5.41) is 0. The fourth-order valence-corrected chi connectivity index (χ4v) is 1.22. The van der Waals surface area contributed by atoms with E-state index in [0.717, 1.165) is 0 Å². The molecule has 0 saturated heterocycles. The van der Waals surface area contributed by atoms with Crippen molar-refractivity contribution in [1.29, 1.82) is 0 Å². The van der Waals surface area contributed by atoms with E-state index in [1.165, 1.54) is 18.2 Å². The van der Waals surface area contributed by atoms with Crippen LogP contribution in [0.4, 0.5) is 4.39 Å². The van der Waals surface area contributed by atoms with E-state index in [1.807, 2.05) is 0 Å². The Morgan fingerprint density at radius 2 is 2.00 bits per heavy atom. The molecule has 2 nitrogen and oxygen atoms in total. The summed E-state index contributed by atoms with van der Waals surface area (Å²) in [5.41, 5.74) is 0.820. The monoisotopic (exact) mass is 208 g/mol. The van der Waals surface area contributed by atoms with Gasteiger partial charge in [0, 0.05) is 12.0 Å². The average Bonchev–Trinajstić information content (AvgIpc) is 2.21. The zero-order valence-electron chi connectivity index (χ0n) is 8.84. The number of halogens is 1. The van der Waals surface area contributed by atoms with E-state index in [0.29, 0.717) is 17.5 Å². The first-order valence-corrected chi connectivity index (χ1v) is 4.85. The second kappa shape index (κ2) is 4.82. The van der Waals surface area contributed by atoms with Crippen LogP contribution in [-0.4, -0.2) is 11.6 Å². The van der Waals surface area contributed by atoms with Gasteiger partial charge in [-0.1, -0.05) is 6.92 Å². The molecule has 1 rings (SSSR count). The minimum atomic E-state index is -0.339. The fraction of sp³-hybridized carbons (Fsp3) is 0.333. The molecule has 0 fully saturated rings. The third-order valence-corrected chi connectivity index (χ3v) is 2.23. The Kier molecular flexibility index (Phi) is 3.72. The lowest BCUT2D eigenvalue weighted by atomic mass is 10.0. The third kappa shape index (κ3) is 2.98. The second-order valence-corrected chi connectivity index (χ2v) is 3.46. The number of hydrogen-bond acceptors (Lipinski definition) is 2. The highest BCUT2D eigenvalue weighted by molar-refractivity contribution is 6.07. The highest BCUT2D eigenvalue weighted by Crippen LogP contribution is 2.11. The van der Waals surface area contributed by atoms with Crippen molar-refractivity contribution in [3.8, 4) is 0 Å². The van der Waals surface area contributed by atoms with Crippen LogP contribution in [0.2, 0.25) is 0 Å². The molecule has 0 amide bonds. The van der Waals surface area contributed by atoms with Gasteiger partial charge in [-0.3, -0.25) is 9.59 Å². The van der Waals surface area contributed by atoms with Crippen molar-refractivity contribution in [3.05, 3.63) is 35.1 Å². The van der Waals surface area contributed by atoms with Crippen LogP contribution >= 0.6 is 0 Å². The Labute approximate surface area is 88.1 Å². The van der Waals surface area contributed by atoms with E-state index in [9.17, 15) is 14.0 Å². The molecule has 0 spiro atoms. The number of Topliss-reactive ketones (excluding diaryl/α,β-unsaturated/α-hetero) is 2. The van der Waals surface area contributed by atoms with Gasteiger partial charge in [0.2, 0.25) is 0 Å². The van der Waals surface area contributed by atoms with Gasteiger partial charge in [0.25, 0.3) is 0 Å². The summed E-state index contributed by atoms with van der Waals surface area (Å²) in [4.78, 5) is 22.6. The molecule has 80 valence electrons. The molecule has 0 heterocycles. The van der Waals surface area contributed by atoms with E-state index in [-0.39, 0.29) is 23.8 Å². The predicted octanol–water partition coefficient (Wildman–Crippen LogP) is 2.69. The van der Waals surface area contributed by atoms with Crippen LogP contribution in [0.15, 0.2) is 18.2 Å². The topological polar surface area (TPSA) is 34.1 Å². The summed E-state index contributed by atoms with van der Waals surface area (Å²) < 4.78 is 12.9. The molecule has 0 atom stereocenters. The molecule has 0 bridgehead atoms. The third-order valence-electron chi connectivity index (χ3n) is 2.23. The smallest absolute Gasteiger partial charge is 0.170 e. The van der Waals surface area contributed by atoms with Gasteiger partial charge < -0.3 is 0 Å². The van der Waals surface area contributed by atoms with Crippen LogP contribution in [0.5, 0.6) is 0 Å². The quantitative estimate of drug-likeness (QED) is 0.563. The van der Waals surface area contributed by atoms with E-state index < -0.39 is 0 Å². The zero-order chi connectivity index (χ0) is 11.4. The fourth-order valence-electron chi connectivity index (χ4n) is 1.22. The predicted molar refractivity (Wildman–Crippen MR) is 55.4 cm³/mol. The van der Waals surface area contributed by atoms with Gasteiger partial charge in [-0.15, -0.1) is 0 Å². The number of benzene rings is 1. The lowest BCUT2D eigenvalue weighted by Gasteiger charge is -2.01. The van der Waals surface area contributed by atoms with E-state index in [1.54, 1.807) is 13.8 Å². The zero-order valence-corrected chi connectivity index (χ0v) is 8.84. The van der Waals surface area contributed by atoms with Crippen LogP contribution in [0.25, 0.3) is 0 Å². The Morgan fingerprint density at radius 3 is 2.53 bits per heavy atom. The number of ketones is 2. The van der Waals surface area contributed by atoms with Crippen molar-refractivity contribution in [2.75, 3.05) is 0 Å². The van der Waals surface area contributed by atoms with Gasteiger partial charge in [-0.05, 0) is 30.7 Å². The van der Waals surface area contributed by atoms with Crippen molar-refractivity contribution in [2.45, 2.75) is 26.7 Å². The van der Waals surface area contributed by atoms with Crippen LogP contribution in [0.3, 0.4) is 0 Å². The van der Waals surface area contributed by atoms with Gasteiger partial charge in [0.1, 0.15) is 11.6 Å². The molecule has 0 unspecified atom stereocenters.